The number of nitrogens with two attached hydrogens (primary N) is 3. The summed E-state index contributed by atoms with van der Waals surface area (Å²) in [6, 6.07) is -0.351. The topological polar surface area (TPSA) is 277 Å². The Bertz CT molecular complexity index is 999. The van der Waals surface area contributed by atoms with Crippen LogP contribution in [0.25, 0.3) is 0 Å². The predicted octanol–water partition coefficient (Wildman–Crippen LogP) is -3.68. The van der Waals surface area contributed by atoms with Crippen molar-refractivity contribution < 1.29 is 44.1 Å². The van der Waals surface area contributed by atoms with Gasteiger partial charge in [-0.05, 0) is 31.0 Å². The summed E-state index contributed by atoms with van der Waals surface area (Å²) in [7, 11) is 0. The molecule has 12 N–H and O–H groups in total. The molecule has 5 atom stereocenters. The Balaban J connectivity index is 3.20. The smallest absolute Gasteiger partial charge is 0.326 e. The van der Waals surface area contributed by atoms with Gasteiger partial charge in [0.25, 0.3) is 0 Å². The van der Waals surface area contributed by atoms with Crippen molar-refractivity contribution in [2.75, 3.05) is 0 Å². The zero-order valence-electron chi connectivity index (χ0n) is 20.0. The molecule has 0 aliphatic carbocycles. The SMILES string of the molecule is CC(O)C(N)C(=O)NC(CCC(N)=O)C(=O)NC(Cc1ccc(O)cc1)C(=O)NC(CC(N)=O)C(=O)O. The van der Waals surface area contributed by atoms with Crippen molar-refractivity contribution in [3.63, 3.8) is 0 Å². The minimum absolute atomic E-state index is 0.0649. The highest BCUT2D eigenvalue weighted by Crippen LogP contribution is 2.12. The van der Waals surface area contributed by atoms with Gasteiger partial charge in [0.15, 0.2) is 0 Å². The number of carbonyl (C=O) groups is 6. The van der Waals surface area contributed by atoms with E-state index in [0.717, 1.165) is 0 Å². The number of benzene rings is 1. The van der Waals surface area contributed by atoms with Crippen molar-refractivity contribution in [3.8, 4) is 5.75 Å². The molecule has 1 aromatic carbocycles. The molecule has 5 amide bonds. The molecule has 0 spiro atoms. The predicted molar refractivity (Wildman–Crippen MR) is 127 cm³/mol. The molecule has 0 bridgehead atoms. The van der Waals surface area contributed by atoms with E-state index in [0.29, 0.717) is 5.56 Å². The first kappa shape index (κ1) is 30.8. The lowest BCUT2D eigenvalue weighted by molar-refractivity contribution is -0.143. The molecule has 0 saturated carbocycles. The lowest BCUT2D eigenvalue weighted by Gasteiger charge is -2.25. The van der Waals surface area contributed by atoms with E-state index in [9.17, 15) is 44.1 Å². The lowest BCUT2D eigenvalue weighted by Crippen LogP contribution is -2.58. The molecule has 0 fully saturated rings. The van der Waals surface area contributed by atoms with Crippen LogP contribution in [0, 0.1) is 0 Å². The highest BCUT2D eigenvalue weighted by Gasteiger charge is 2.31. The number of carboxylic acids is 1. The first-order chi connectivity index (χ1) is 17.2. The largest absolute Gasteiger partial charge is 0.508 e. The van der Waals surface area contributed by atoms with Crippen LogP contribution in [0.4, 0.5) is 0 Å². The molecule has 204 valence electrons. The van der Waals surface area contributed by atoms with Gasteiger partial charge in [0.2, 0.25) is 29.5 Å². The van der Waals surface area contributed by atoms with Crippen molar-refractivity contribution in [1.82, 2.24) is 16.0 Å². The van der Waals surface area contributed by atoms with E-state index >= 15 is 0 Å². The van der Waals surface area contributed by atoms with Crippen LogP contribution in [0.3, 0.4) is 0 Å². The number of amides is 5. The lowest BCUT2D eigenvalue weighted by atomic mass is 10.0. The third kappa shape index (κ3) is 10.9. The zero-order valence-corrected chi connectivity index (χ0v) is 20.0. The number of aromatic hydroxyl groups is 1. The van der Waals surface area contributed by atoms with Gasteiger partial charge in [0, 0.05) is 12.8 Å². The summed E-state index contributed by atoms with van der Waals surface area (Å²) >= 11 is 0. The Morgan fingerprint density at radius 3 is 1.84 bits per heavy atom. The molecule has 0 aliphatic heterocycles. The van der Waals surface area contributed by atoms with Crippen molar-refractivity contribution >= 4 is 35.5 Å². The Morgan fingerprint density at radius 1 is 0.838 bits per heavy atom. The summed E-state index contributed by atoms with van der Waals surface area (Å²) in [4.78, 5) is 72.2. The fourth-order valence-corrected chi connectivity index (χ4v) is 3.07. The molecule has 15 nitrogen and oxygen atoms in total. The molecule has 15 heteroatoms. The Kier molecular flexibility index (Phi) is 11.9. The highest BCUT2D eigenvalue weighted by molar-refractivity contribution is 5.95. The number of carboxylic acid groups (broad SMARTS) is 1. The van der Waals surface area contributed by atoms with Gasteiger partial charge in [-0.15, -0.1) is 0 Å². The number of hydrogen-bond acceptors (Lipinski definition) is 9. The Morgan fingerprint density at radius 2 is 1.35 bits per heavy atom. The molecule has 0 aromatic heterocycles. The van der Waals surface area contributed by atoms with Crippen LogP contribution in [0.5, 0.6) is 5.75 Å². The second-order valence-electron chi connectivity index (χ2n) is 8.33. The minimum Gasteiger partial charge on any atom is -0.508 e. The van der Waals surface area contributed by atoms with Crippen LogP contribution in [-0.4, -0.2) is 81.1 Å². The van der Waals surface area contributed by atoms with Gasteiger partial charge < -0.3 is 48.5 Å². The van der Waals surface area contributed by atoms with Gasteiger partial charge in [-0.1, -0.05) is 12.1 Å². The van der Waals surface area contributed by atoms with Crippen LogP contribution in [0.2, 0.25) is 0 Å². The maximum absolute atomic E-state index is 13.0. The van der Waals surface area contributed by atoms with E-state index in [1.54, 1.807) is 0 Å². The molecule has 37 heavy (non-hydrogen) atoms. The number of phenols is 1. The molecule has 0 radical (unpaired) electrons. The quantitative estimate of drug-likeness (QED) is 0.108. The number of aliphatic hydroxyl groups is 1. The Hall–Kier alpha value is -4.24. The van der Waals surface area contributed by atoms with Gasteiger partial charge in [0.05, 0.1) is 12.5 Å². The molecule has 1 rings (SSSR count). The van der Waals surface area contributed by atoms with E-state index in [2.05, 4.69) is 16.0 Å². The summed E-state index contributed by atoms with van der Waals surface area (Å²) in [5.74, 6) is -6.21. The summed E-state index contributed by atoms with van der Waals surface area (Å²) in [6.45, 7) is 1.26. The fraction of sp³-hybridized carbons (Fsp3) is 0.455. The number of carbonyl (C=O) groups excluding carboxylic acids is 5. The average molecular weight is 525 g/mol. The van der Waals surface area contributed by atoms with Crippen molar-refractivity contribution in [3.05, 3.63) is 29.8 Å². The van der Waals surface area contributed by atoms with Crippen LogP contribution in [0.15, 0.2) is 24.3 Å². The number of aliphatic carboxylic acids is 1. The van der Waals surface area contributed by atoms with Crippen molar-refractivity contribution in [2.24, 2.45) is 17.2 Å². The van der Waals surface area contributed by atoms with Crippen molar-refractivity contribution in [1.29, 1.82) is 0 Å². The van der Waals surface area contributed by atoms with Crippen LogP contribution in [0.1, 0.15) is 31.7 Å². The maximum Gasteiger partial charge on any atom is 0.326 e. The summed E-state index contributed by atoms with van der Waals surface area (Å²) in [6.07, 6.45) is -2.76. The second kappa shape index (κ2) is 14.4. The first-order valence-corrected chi connectivity index (χ1v) is 11.1. The monoisotopic (exact) mass is 524 g/mol. The van der Waals surface area contributed by atoms with E-state index in [4.69, 9.17) is 17.2 Å². The maximum atomic E-state index is 13.0. The average Bonchev–Trinajstić information content (AvgIpc) is 2.80. The standard InChI is InChI=1S/C22H32N6O9/c1-10(29)18(25)21(35)26-13(6-7-16(23)31)19(33)27-14(8-11-2-4-12(30)5-3-11)20(34)28-15(22(36)37)9-17(24)32/h2-5,10,13-15,18,29-30H,6-9,25H2,1H3,(H2,23,31)(H2,24,32)(H,26,35)(H,27,33)(H,28,34)(H,36,37). The van der Waals surface area contributed by atoms with Crippen LogP contribution < -0.4 is 33.2 Å². The van der Waals surface area contributed by atoms with Crippen LogP contribution >= 0.6 is 0 Å². The number of rotatable bonds is 15. The second-order valence-corrected chi connectivity index (χ2v) is 8.33. The highest BCUT2D eigenvalue weighted by atomic mass is 16.4. The molecule has 0 heterocycles. The molecular formula is C22H32N6O9. The van der Waals surface area contributed by atoms with Gasteiger partial charge in [-0.25, -0.2) is 4.79 Å². The zero-order chi connectivity index (χ0) is 28.3. The molecule has 0 saturated heterocycles. The molecule has 0 aliphatic rings. The van der Waals surface area contributed by atoms with Crippen molar-refractivity contribution in [2.45, 2.75) is 62.9 Å². The molecule has 5 unspecified atom stereocenters. The number of primary amides is 2. The fourth-order valence-electron chi connectivity index (χ4n) is 3.07. The van der Waals surface area contributed by atoms with E-state index < -0.39 is 72.2 Å². The van der Waals surface area contributed by atoms with E-state index in [-0.39, 0.29) is 25.0 Å². The molecule has 1 aromatic rings. The summed E-state index contributed by atoms with van der Waals surface area (Å²) in [5, 5.41) is 35.1. The van der Waals surface area contributed by atoms with E-state index in [1.807, 2.05) is 0 Å². The third-order valence-electron chi connectivity index (χ3n) is 5.16. The summed E-state index contributed by atoms with van der Waals surface area (Å²) < 4.78 is 0. The number of phenolic OH excluding ortho intramolecular Hbond substituents is 1. The van der Waals surface area contributed by atoms with Gasteiger partial charge >= 0.3 is 5.97 Å². The van der Waals surface area contributed by atoms with Gasteiger partial charge in [-0.2, -0.15) is 0 Å². The molecular weight excluding hydrogens is 492 g/mol. The summed E-state index contributed by atoms with van der Waals surface area (Å²) in [5.41, 5.74) is 16.2. The number of aliphatic hydroxyl groups excluding tert-OH is 1. The Labute approximate surface area is 211 Å². The third-order valence-corrected chi connectivity index (χ3v) is 5.16. The van der Waals surface area contributed by atoms with Crippen LogP contribution in [-0.2, 0) is 35.2 Å². The number of hydrogen-bond donors (Lipinski definition) is 9. The minimum atomic E-state index is -1.68. The van der Waals surface area contributed by atoms with E-state index in [1.165, 1.54) is 31.2 Å². The van der Waals surface area contributed by atoms with Gasteiger partial charge in [-0.3, -0.25) is 24.0 Å². The van der Waals surface area contributed by atoms with Gasteiger partial charge in [0.1, 0.15) is 29.9 Å². The first-order valence-electron chi connectivity index (χ1n) is 11.1. The number of nitrogens with one attached hydrogen (secondary N) is 3. The normalized spacial score (nSPS) is 14.8.